The van der Waals surface area contributed by atoms with Crippen LogP contribution in [-0.4, -0.2) is 122 Å². The largest absolute Gasteiger partial charge is 0.467 e. The fourth-order valence-electron chi connectivity index (χ4n) is 11.8. The van der Waals surface area contributed by atoms with Crippen LogP contribution >= 0.6 is 0 Å². The summed E-state index contributed by atoms with van der Waals surface area (Å²) in [5, 5.41) is 0. The Hall–Kier alpha value is -4.88. The molecule has 0 spiro atoms. The number of hydrogen-bond donors (Lipinski definition) is 0. The monoisotopic (exact) mass is 932 g/mol. The van der Waals surface area contributed by atoms with Crippen LogP contribution in [0.4, 0.5) is 0 Å². The highest BCUT2D eigenvalue weighted by Crippen LogP contribution is 2.66. The van der Waals surface area contributed by atoms with E-state index in [1.54, 1.807) is 6.92 Å². The van der Waals surface area contributed by atoms with E-state index in [0.29, 0.717) is 36.4 Å². The van der Waals surface area contributed by atoms with Gasteiger partial charge in [-0.3, -0.25) is 38.4 Å². The Kier molecular flexibility index (Phi) is 15.7. The minimum Gasteiger partial charge on any atom is -0.467 e. The van der Waals surface area contributed by atoms with Gasteiger partial charge in [0, 0.05) is 54.9 Å². The van der Waals surface area contributed by atoms with Gasteiger partial charge in [-0.2, -0.15) is 0 Å². The molecule has 16 atom stereocenters. The van der Waals surface area contributed by atoms with Gasteiger partial charge in [0.2, 0.25) is 6.29 Å². The molecule has 0 radical (unpaired) electrons. The molecule has 0 aromatic carbocycles. The lowest BCUT2D eigenvalue weighted by atomic mass is 9.45. The lowest BCUT2D eigenvalue weighted by Gasteiger charge is -2.59. The van der Waals surface area contributed by atoms with Gasteiger partial charge < -0.3 is 52.1 Å². The van der Waals surface area contributed by atoms with E-state index in [4.69, 9.17) is 52.1 Å². The van der Waals surface area contributed by atoms with Crippen LogP contribution < -0.4 is 0 Å². The van der Waals surface area contributed by atoms with Crippen molar-refractivity contribution in [3.8, 4) is 0 Å². The smallest absolute Gasteiger partial charge is 0.303 e. The van der Waals surface area contributed by atoms with Gasteiger partial charge in [-0.15, -0.1) is 0 Å². The van der Waals surface area contributed by atoms with E-state index in [2.05, 4.69) is 19.9 Å². The van der Waals surface area contributed by atoms with Crippen LogP contribution in [0.2, 0.25) is 0 Å². The molecule has 6 rings (SSSR count). The molecule has 0 amide bonds. The van der Waals surface area contributed by atoms with Crippen molar-refractivity contribution in [1.29, 1.82) is 0 Å². The summed E-state index contributed by atoms with van der Waals surface area (Å²) in [7, 11) is 0. The second-order valence-electron chi connectivity index (χ2n) is 18.9. The van der Waals surface area contributed by atoms with Crippen LogP contribution in [-0.2, 0) is 90.5 Å². The van der Waals surface area contributed by atoms with Crippen LogP contribution in [0.5, 0.6) is 0 Å². The number of carbonyl (C=O) groups is 8. The molecule has 4 aliphatic carbocycles. The van der Waals surface area contributed by atoms with Gasteiger partial charge in [-0.05, 0) is 91.6 Å². The highest BCUT2D eigenvalue weighted by atomic mass is 16.8. The summed E-state index contributed by atoms with van der Waals surface area (Å²) in [6.45, 7) is 13.0. The maximum absolute atomic E-state index is 13.0. The molecule has 366 valence electrons. The van der Waals surface area contributed by atoms with E-state index < -0.39 is 116 Å². The third-order valence-corrected chi connectivity index (χ3v) is 14.4. The van der Waals surface area contributed by atoms with E-state index in [1.165, 1.54) is 6.92 Å². The summed E-state index contributed by atoms with van der Waals surface area (Å²) < 4.78 is 65.0. The number of esters is 7. The fourth-order valence-corrected chi connectivity index (χ4v) is 11.8. The Morgan fingerprint density at radius 2 is 1.08 bits per heavy atom. The number of rotatable bonds is 14. The molecular weight excluding hydrogens is 868 g/mol. The van der Waals surface area contributed by atoms with Crippen molar-refractivity contribution < 1.29 is 90.5 Å². The molecule has 0 aromatic heterocycles. The molecule has 0 N–H and O–H groups in total. The van der Waals surface area contributed by atoms with Gasteiger partial charge in [0.25, 0.3) is 0 Å². The van der Waals surface area contributed by atoms with E-state index in [0.717, 1.165) is 79.2 Å². The van der Waals surface area contributed by atoms with Crippen LogP contribution in [0.25, 0.3) is 0 Å². The predicted octanol–water partition coefficient (Wildman–Crippen LogP) is 4.28. The van der Waals surface area contributed by atoms with Crippen LogP contribution in [0.3, 0.4) is 0 Å². The normalized spacial score (nSPS) is 38.0. The van der Waals surface area contributed by atoms with Gasteiger partial charge in [-0.1, -0.05) is 19.9 Å². The quantitative estimate of drug-likeness (QED) is 0.174. The van der Waals surface area contributed by atoms with E-state index in [-0.39, 0.29) is 22.5 Å². The van der Waals surface area contributed by atoms with Crippen molar-refractivity contribution in [1.82, 2.24) is 0 Å². The average molecular weight is 933 g/mol. The third-order valence-electron chi connectivity index (χ3n) is 14.4. The molecule has 19 nitrogen and oxygen atoms in total. The summed E-state index contributed by atoms with van der Waals surface area (Å²) >= 11 is 0. The number of allylic oxidation sites excluding steroid dienone is 4. The Balaban J connectivity index is 1.38. The van der Waals surface area contributed by atoms with Crippen LogP contribution in [0, 0.1) is 34.5 Å². The number of Topliss-reactive ketones (excluding diaryl/α,β-unsaturated/α-hetero) is 1. The Bertz CT molecular complexity index is 1980. The zero-order valence-corrected chi connectivity index (χ0v) is 39.4. The first kappa shape index (κ1) is 50.5. The molecule has 0 unspecified atom stereocenters. The lowest BCUT2D eigenvalue weighted by Crippen LogP contribution is -2.67. The fraction of sp³-hybridized carbons (Fsp3) is 0.745. The topological polar surface area (TPSA) is 238 Å². The highest BCUT2D eigenvalue weighted by Gasteiger charge is 2.61. The Morgan fingerprint density at radius 3 is 1.59 bits per heavy atom. The summed E-state index contributed by atoms with van der Waals surface area (Å²) in [6.07, 6.45) is -5.54. The minimum absolute atomic E-state index is 0.0910. The molecule has 2 aliphatic heterocycles. The molecule has 0 bridgehead atoms. The maximum Gasteiger partial charge on any atom is 0.303 e. The van der Waals surface area contributed by atoms with Crippen LogP contribution in [0.1, 0.15) is 114 Å². The molecule has 66 heavy (non-hydrogen) atoms. The molecule has 6 aliphatic rings. The zero-order chi connectivity index (χ0) is 48.4. The summed E-state index contributed by atoms with van der Waals surface area (Å²) in [5.74, 6) is -3.61. The van der Waals surface area contributed by atoms with Crippen molar-refractivity contribution in [3.05, 3.63) is 23.5 Å². The van der Waals surface area contributed by atoms with Gasteiger partial charge in [0.05, 0.1) is 5.76 Å². The molecule has 0 aromatic rings. The van der Waals surface area contributed by atoms with E-state index in [1.807, 2.05) is 6.08 Å². The van der Waals surface area contributed by atoms with Gasteiger partial charge in [0.1, 0.15) is 25.4 Å². The highest BCUT2D eigenvalue weighted by molar-refractivity contribution is 5.95. The van der Waals surface area contributed by atoms with Gasteiger partial charge in [-0.25, -0.2) is 0 Å². The summed E-state index contributed by atoms with van der Waals surface area (Å²) in [5.41, 5.74) is 0.733. The van der Waals surface area contributed by atoms with Crippen molar-refractivity contribution in [2.45, 2.75) is 176 Å². The molecule has 2 heterocycles. The maximum atomic E-state index is 13.0. The SMILES string of the molecule is CC(=O)OC[C@H]1O[C@@H](OC2=CC[C@@]3(C)[C@H](CC[C@@H]4[C@@H]3CC[C@]3(C)C(C(C)=O)=CC[C@@H]43)C2)[C@H](O[C@@H]2O[C@H](COC(C)=O)[C@@H](OC(C)=O)[C@H](OC(C)=O)[C@H]2OC(C)=O)[C@@H](OC(C)=O)[C@H]1OC(C)=O. The second-order valence-corrected chi connectivity index (χ2v) is 18.9. The Morgan fingerprint density at radius 1 is 0.576 bits per heavy atom. The number of ketones is 1. The van der Waals surface area contributed by atoms with Crippen molar-refractivity contribution >= 4 is 47.6 Å². The summed E-state index contributed by atoms with van der Waals surface area (Å²) in [6, 6.07) is 0. The number of fused-ring (bicyclic) bond motifs is 5. The second kappa shape index (κ2) is 20.6. The molecule has 2 saturated heterocycles. The first-order valence-electron chi connectivity index (χ1n) is 22.7. The first-order valence-corrected chi connectivity index (χ1v) is 22.7. The third kappa shape index (κ3) is 10.9. The predicted molar refractivity (Wildman–Crippen MR) is 224 cm³/mol. The molecule has 2 saturated carbocycles. The van der Waals surface area contributed by atoms with Crippen LogP contribution in [0.15, 0.2) is 23.5 Å². The Labute approximate surface area is 384 Å². The first-order chi connectivity index (χ1) is 31.0. The van der Waals surface area contributed by atoms with Crippen molar-refractivity contribution in [2.24, 2.45) is 34.5 Å². The average Bonchev–Trinajstić information content (AvgIpc) is 3.57. The zero-order valence-electron chi connectivity index (χ0n) is 39.4. The molecule has 4 fully saturated rings. The number of ether oxygens (including phenoxy) is 11. The van der Waals surface area contributed by atoms with E-state index >= 15 is 0 Å². The summed E-state index contributed by atoms with van der Waals surface area (Å²) in [4.78, 5) is 100. The molecule has 19 heteroatoms. The van der Waals surface area contributed by atoms with Crippen molar-refractivity contribution in [2.75, 3.05) is 13.2 Å². The molecular formula is C47H64O19. The number of hydrogen-bond acceptors (Lipinski definition) is 19. The minimum atomic E-state index is -1.80. The van der Waals surface area contributed by atoms with Gasteiger partial charge in [0.15, 0.2) is 48.7 Å². The van der Waals surface area contributed by atoms with Gasteiger partial charge >= 0.3 is 41.8 Å². The van der Waals surface area contributed by atoms with Crippen molar-refractivity contribution in [3.63, 3.8) is 0 Å². The lowest BCUT2D eigenvalue weighted by molar-refractivity contribution is -0.365. The standard InChI is InChI=1S/C47H64O19/c1-22(48)33-13-14-34-32-12-11-30-19-31(15-17-46(30,9)35(32)16-18-47(33,34)10)63-44-43(41(61-28(7)54)39(59-26(5)52)36(64-44)20-56-23(2)49)66-45-42(62-29(8)55)40(60-27(6)53)38(58-25(4)51)37(65-45)21-57-24(3)50/h13,15,30,32,34-45H,11-12,14,16-21H2,1-10H3/t30-,32+,34+,35+,36-,37-,38-,39+,40+,41+,42-,43-,44-,45+,46+,47-/m1/s1. The van der Waals surface area contributed by atoms with E-state index in [9.17, 15) is 38.4 Å². The number of carbonyl (C=O) groups excluding carboxylic acids is 8.